The standard InChI is InChI=1S/C30H33N5O2/c1-2-37-26-13-6-11-24(21-26)27-22-25(29(33-27)23-9-4-3-5-10-23)12-7-14-28(36)34-17-19-35(20-18-34)30-31-15-8-16-32-30/h3-6,8-11,13,15-16,21-22,25H,2,7,12,14,17-20H2,1H3. The van der Waals surface area contributed by atoms with E-state index in [1.165, 1.54) is 0 Å². The van der Waals surface area contributed by atoms with Crippen molar-refractivity contribution in [3.8, 4) is 5.75 Å². The van der Waals surface area contributed by atoms with E-state index in [0.717, 1.165) is 60.2 Å². The van der Waals surface area contributed by atoms with Gasteiger partial charge in [-0.25, -0.2) is 9.97 Å². The summed E-state index contributed by atoms with van der Waals surface area (Å²) in [5.74, 6) is 1.98. The van der Waals surface area contributed by atoms with Crippen LogP contribution >= 0.6 is 0 Å². The van der Waals surface area contributed by atoms with Crippen LogP contribution in [0.2, 0.25) is 0 Å². The van der Waals surface area contributed by atoms with E-state index in [-0.39, 0.29) is 11.8 Å². The van der Waals surface area contributed by atoms with Crippen molar-refractivity contribution in [2.75, 3.05) is 37.7 Å². The first-order valence-electron chi connectivity index (χ1n) is 13.1. The van der Waals surface area contributed by atoms with E-state index >= 15 is 0 Å². The summed E-state index contributed by atoms with van der Waals surface area (Å²) in [5.41, 5.74) is 4.22. The molecule has 7 heteroatoms. The van der Waals surface area contributed by atoms with Gasteiger partial charge in [0.2, 0.25) is 11.9 Å². The highest BCUT2D eigenvalue weighted by atomic mass is 16.5. The smallest absolute Gasteiger partial charge is 0.225 e. The molecular formula is C30H33N5O2. The molecule has 2 aromatic carbocycles. The molecule has 1 fully saturated rings. The second-order valence-electron chi connectivity index (χ2n) is 9.29. The Labute approximate surface area is 218 Å². The number of allylic oxidation sites excluding steroid dienone is 1. The summed E-state index contributed by atoms with van der Waals surface area (Å²) in [4.78, 5) is 30.8. The third kappa shape index (κ3) is 6.05. The van der Waals surface area contributed by atoms with Gasteiger partial charge in [0.05, 0.1) is 18.0 Å². The Hall–Kier alpha value is -4.00. The first-order chi connectivity index (χ1) is 18.2. The number of anilines is 1. The first-order valence-corrected chi connectivity index (χ1v) is 13.1. The lowest BCUT2D eigenvalue weighted by atomic mass is 9.92. The van der Waals surface area contributed by atoms with Gasteiger partial charge in [-0.2, -0.15) is 0 Å². The van der Waals surface area contributed by atoms with Crippen LogP contribution in [0.3, 0.4) is 0 Å². The van der Waals surface area contributed by atoms with Gasteiger partial charge in [-0.3, -0.25) is 9.79 Å². The van der Waals surface area contributed by atoms with E-state index in [2.05, 4.69) is 39.1 Å². The van der Waals surface area contributed by atoms with Crippen LogP contribution in [-0.4, -0.2) is 59.3 Å². The zero-order valence-electron chi connectivity index (χ0n) is 21.3. The normalized spacial score (nSPS) is 17.4. The van der Waals surface area contributed by atoms with E-state index in [1.807, 2.05) is 54.3 Å². The summed E-state index contributed by atoms with van der Waals surface area (Å²) in [6, 6.07) is 20.3. The van der Waals surface area contributed by atoms with Crippen molar-refractivity contribution in [3.05, 3.63) is 90.3 Å². The van der Waals surface area contributed by atoms with Gasteiger partial charge in [0.15, 0.2) is 0 Å². The quantitative estimate of drug-likeness (QED) is 0.424. The number of amides is 1. The molecule has 0 aliphatic carbocycles. The molecule has 2 aliphatic rings. The number of aromatic nitrogens is 2. The van der Waals surface area contributed by atoms with E-state index in [1.54, 1.807) is 12.4 Å². The maximum Gasteiger partial charge on any atom is 0.225 e. The summed E-state index contributed by atoms with van der Waals surface area (Å²) in [6.45, 7) is 5.55. The fourth-order valence-electron chi connectivity index (χ4n) is 4.94. The van der Waals surface area contributed by atoms with E-state index in [0.29, 0.717) is 26.1 Å². The summed E-state index contributed by atoms with van der Waals surface area (Å²) in [5, 5.41) is 0. The SMILES string of the molecule is CCOc1cccc(C2=CC(CCCC(=O)N3CCN(c4ncccn4)CC3)C(c3ccccc3)=N2)c1. The van der Waals surface area contributed by atoms with E-state index in [4.69, 9.17) is 9.73 Å². The third-order valence-corrected chi connectivity index (χ3v) is 6.83. The van der Waals surface area contributed by atoms with Crippen LogP contribution in [0.1, 0.15) is 37.3 Å². The van der Waals surface area contributed by atoms with Gasteiger partial charge in [-0.1, -0.05) is 42.5 Å². The molecule has 0 saturated carbocycles. The van der Waals surface area contributed by atoms with Crippen molar-refractivity contribution >= 4 is 23.3 Å². The van der Waals surface area contributed by atoms with Gasteiger partial charge in [0.25, 0.3) is 0 Å². The Morgan fingerprint density at radius 1 is 0.946 bits per heavy atom. The van der Waals surface area contributed by atoms with Crippen LogP contribution in [0, 0.1) is 5.92 Å². The van der Waals surface area contributed by atoms with Gasteiger partial charge < -0.3 is 14.5 Å². The van der Waals surface area contributed by atoms with Crippen LogP contribution in [0.15, 0.2) is 84.1 Å². The number of ether oxygens (including phenoxy) is 1. The minimum absolute atomic E-state index is 0.174. The van der Waals surface area contributed by atoms with Crippen LogP contribution in [0.4, 0.5) is 5.95 Å². The molecule has 5 rings (SSSR count). The molecular weight excluding hydrogens is 462 g/mol. The zero-order valence-corrected chi connectivity index (χ0v) is 21.3. The average Bonchev–Trinajstić information content (AvgIpc) is 3.39. The van der Waals surface area contributed by atoms with Crippen LogP contribution in [0.25, 0.3) is 5.70 Å². The van der Waals surface area contributed by atoms with Crippen molar-refractivity contribution in [1.29, 1.82) is 0 Å². The number of carbonyl (C=O) groups is 1. The fraction of sp³-hybridized carbons (Fsp3) is 0.333. The number of nitrogens with zero attached hydrogens (tertiary/aromatic N) is 5. The molecule has 0 bridgehead atoms. The molecule has 1 amide bonds. The molecule has 1 saturated heterocycles. The summed E-state index contributed by atoms with van der Waals surface area (Å²) in [6.07, 6.45) is 8.00. The Bertz CT molecular complexity index is 1250. The Morgan fingerprint density at radius 2 is 1.70 bits per heavy atom. The lowest BCUT2D eigenvalue weighted by Crippen LogP contribution is -2.49. The summed E-state index contributed by atoms with van der Waals surface area (Å²) in [7, 11) is 0. The molecule has 0 N–H and O–H groups in total. The monoisotopic (exact) mass is 495 g/mol. The van der Waals surface area contributed by atoms with Crippen molar-refractivity contribution in [3.63, 3.8) is 0 Å². The van der Waals surface area contributed by atoms with Crippen molar-refractivity contribution in [1.82, 2.24) is 14.9 Å². The fourth-order valence-corrected chi connectivity index (χ4v) is 4.94. The van der Waals surface area contributed by atoms with Gasteiger partial charge in [0.1, 0.15) is 5.75 Å². The molecule has 190 valence electrons. The second-order valence-corrected chi connectivity index (χ2v) is 9.29. The molecule has 1 aromatic heterocycles. The van der Waals surface area contributed by atoms with Crippen LogP contribution in [-0.2, 0) is 4.79 Å². The topological polar surface area (TPSA) is 70.9 Å². The second kappa shape index (κ2) is 11.8. The Balaban J connectivity index is 1.21. The molecule has 0 radical (unpaired) electrons. The highest BCUT2D eigenvalue weighted by molar-refractivity contribution is 6.09. The van der Waals surface area contributed by atoms with Gasteiger partial charge in [-0.05, 0) is 49.6 Å². The molecule has 3 aromatic rings. The Morgan fingerprint density at radius 3 is 2.46 bits per heavy atom. The largest absolute Gasteiger partial charge is 0.494 e. The van der Waals surface area contributed by atoms with E-state index < -0.39 is 0 Å². The predicted octanol–water partition coefficient (Wildman–Crippen LogP) is 4.85. The molecule has 2 aliphatic heterocycles. The minimum atomic E-state index is 0.174. The zero-order chi connectivity index (χ0) is 25.5. The lowest BCUT2D eigenvalue weighted by molar-refractivity contribution is -0.131. The van der Waals surface area contributed by atoms with Crippen molar-refractivity contribution < 1.29 is 9.53 Å². The molecule has 1 unspecified atom stereocenters. The highest BCUT2D eigenvalue weighted by Gasteiger charge is 2.25. The first kappa shape index (κ1) is 24.7. The van der Waals surface area contributed by atoms with Crippen LogP contribution in [0.5, 0.6) is 5.75 Å². The number of rotatable bonds is 9. The number of piperazine rings is 1. The maximum atomic E-state index is 13.0. The lowest BCUT2D eigenvalue weighted by Gasteiger charge is -2.34. The molecule has 37 heavy (non-hydrogen) atoms. The summed E-state index contributed by atoms with van der Waals surface area (Å²) < 4.78 is 5.70. The average molecular weight is 496 g/mol. The minimum Gasteiger partial charge on any atom is -0.494 e. The number of hydrogen-bond donors (Lipinski definition) is 0. The predicted molar refractivity (Wildman–Crippen MR) is 147 cm³/mol. The highest BCUT2D eigenvalue weighted by Crippen LogP contribution is 2.33. The molecule has 7 nitrogen and oxygen atoms in total. The number of carbonyl (C=O) groups excluding carboxylic acids is 1. The molecule has 0 spiro atoms. The third-order valence-electron chi connectivity index (χ3n) is 6.83. The molecule has 3 heterocycles. The number of aliphatic imine (C=N–C) groups is 1. The number of benzene rings is 2. The maximum absolute atomic E-state index is 13.0. The van der Waals surface area contributed by atoms with Crippen LogP contribution < -0.4 is 9.64 Å². The van der Waals surface area contributed by atoms with Gasteiger partial charge in [0, 0.05) is 56.5 Å². The van der Waals surface area contributed by atoms with Gasteiger partial charge >= 0.3 is 0 Å². The van der Waals surface area contributed by atoms with E-state index in [9.17, 15) is 4.79 Å². The summed E-state index contributed by atoms with van der Waals surface area (Å²) >= 11 is 0. The molecule has 1 atom stereocenters. The van der Waals surface area contributed by atoms with Crippen molar-refractivity contribution in [2.45, 2.75) is 26.2 Å². The van der Waals surface area contributed by atoms with Crippen molar-refractivity contribution in [2.24, 2.45) is 10.9 Å². The Kier molecular flexibility index (Phi) is 7.89. The van der Waals surface area contributed by atoms with Gasteiger partial charge in [-0.15, -0.1) is 0 Å². The number of hydrogen-bond acceptors (Lipinski definition) is 6.